The normalized spacial score (nSPS) is 29.7. The molecule has 1 saturated carbocycles. The van der Waals surface area contributed by atoms with Crippen LogP contribution in [-0.2, 0) is 0 Å². The maximum atomic E-state index is 9.46. The summed E-state index contributed by atoms with van der Waals surface area (Å²) >= 11 is 0. The van der Waals surface area contributed by atoms with E-state index in [4.69, 9.17) is 0 Å². The Hall–Kier alpha value is -0.160. The number of aliphatic hydroxyl groups is 2. The minimum Gasteiger partial charge on any atom is -0.396 e. The van der Waals surface area contributed by atoms with Gasteiger partial charge in [-0.05, 0) is 51.2 Å². The summed E-state index contributed by atoms with van der Waals surface area (Å²) in [5, 5.41) is 18.9. The molecule has 1 heterocycles. The second kappa shape index (κ2) is 6.73. The van der Waals surface area contributed by atoms with Gasteiger partial charge in [-0.15, -0.1) is 0 Å². The Balaban J connectivity index is 1.68. The fourth-order valence-corrected chi connectivity index (χ4v) is 4.08. The number of hydrogen-bond donors (Lipinski definition) is 2. The van der Waals surface area contributed by atoms with E-state index in [2.05, 4.69) is 30.6 Å². The maximum Gasteiger partial charge on any atom is 0.0515 e. The van der Waals surface area contributed by atoms with Gasteiger partial charge in [0, 0.05) is 24.5 Å². The van der Waals surface area contributed by atoms with Crippen molar-refractivity contribution >= 4 is 0 Å². The zero-order valence-electron chi connectivity index (χ0n) is 13.4. The number of piperidine rings is 1. The van der Waals surface area contributed by atoms with Crippen molar-refractivity contribution in [2.75, 3.05) is 45.9 Å². The Morgan fingerprint density at radius 1 is 1.15 bits per heavy atom. The van der Waals surface area contributed by atoms with E-state index < -0.39 is 0 Å². The number of hydrogen-bond acceptors (Lipinski definition) is 4. The van der Waals surface area contributed by atoms with Gasteiger partial charge in [0.15, 0.2) is 0 Å². The van der Waals surface area contributed by atoms with E-state index in [1.165, 1.54) is 19.4 Å². The largest absolute Gasteiger partial charge is 0.396 e. The lowest BCUT2D eigenvalue weighted by Crippen LogP contribution is -2.38. The topological polar surface area (TPSA) is 46.9 Å². The predicted octanol–water partition coefficient (Wildman–Crippen LogP) is 1.03. The quantitative estimate of drug-likeness (QED) is 0.664. The van der Waals surface area contributed by atoms with E-state index in [0.29, 0.717) is 17.9 Å². The van der Waals surface area contributed by atoms with Gasteiger partial charge in [-0.1, -0.05) is 13.8 Å². The van der Waals surface area contributed by atoms with Crippen molar-refractivity contribution in [1.82, 2.24) is 9.80 Å². The van der Waals surface area contributed by atoms with Gasteiger partial charge in [0.2, 0.25) is 0 Å². The summed E-state index contributed by atoms with van der Waals surface area (Å²) in [5.74, 6) is 1.06. The molecule has 1 saturated heterocycles. The number of fused-ring (bicyclic) bond motifs is 1. The van der Waals surface area contributed by atoms with Crippen LogP contribution in [0.1, 0.15) is 33.6 Å². The molecule has 2 rings (SSSR count). The summed E-state index contributed by atoms with van der Waals surface area (Å²) < 4.78 is 0. The summed E-state index contributed by atoms with van der Waals surface area (Å²) in [5.41, 5.74) is -0.141. The van der Waals surface area contributed by atoms with Gasteiger partial charge in [0.05, 0.1) is 13.2 Å². The third kappa shape index (κ3) is 2.89. The molecular weight excluding hydrogens is 252 g/mol. The molecule has 0 bridgehead atoms. The second-order valence-electron chi connectivity index (χ2n) is 6.73. The van der Waals surface area contributed by atoms with E-state index in [-0.39, 0.29) is 18.6 Å². The molecule has 0 aromatic rings. The molecule has 20 heavy (non-hydrogen) atoms. The van der Waals surface area contributed by atoms with Crippen LogP contribution in [0.25, 0.3) is 0 Å². The minimum atomic E-state index is -0.141. The standard InChI is InChI=1S/C16H32N2O2/c1-4-17(5-2)8-6-7-13(3)18-9-14-15(10-18)16(14,11-19)12-20/h13-15,19-20H,4-12H2,1-3H3. The first kappa shape index (κ1) is 16.2. The lowest BCUT2D eigenvalue weighted by atomic mass is 10.0. The molecular formula is C16H32N2O2. The molecule has 2 fully saturated rings. The first-order chi connectivity index (χ1) is 9.62. The van der Waals surface area contributed by atoms with Crippen LogP contribution >= 0.6 is 0 Å². The molecule has 2 aliphatic rings. The lowest BCUT2D eigenvalue weighted by molar-refractivity contribution is 0.0783. The van der Waals surface area contributed by atoms with E-state index in [1.807, 2.05) is 0 Å². The molecule has 1 aliphatic carbocycles. The highest BCUT2D eigenvalue weighted by Gasteiger charge is 2.67. The first-order valence-corrected chi connectivity index (χ1v) is 8.31. The zero-order chi connectivity index (χ0) is 14.8. The zero-order valence-corrected chi connectivity index (χ0v) is 13.4. The smallest absolute Gasteiger partial charge is 0.0515 e. The Bertz CT molecular complexity index is 289. The van der Waals surface area contributed by atoms with Crippen LogP contribution in [0, 0.1) is 17.3 Å². The molecule has 0 aromatic heterocycles. The summed E-state index contributed by atoms with van der Waals surface area (Å²) in [7, 11) is 0. The summed E-state index contributed by atoms with van der Waals surface area (Å²) in [6, 6.07) is 0.633. The van der Waals surface area contributed by atoms with Gasteiger partial charge in [-0.3, -0.25) is 0 Å². The van der Waals surface area contributed by atoms with Crippen LogP contribution in [0.2, 0.25) is 0 Å². The van der Waals surface area contributed by atoms with Gasteiger partial charge in [0.25, 0.3) is 0 Å². The van der Waals surface area contributed by atoms with Crippen LogP contribution in [0.5, 0.6) is 0 Å². The van der Waals surface area contributed by atoms with Gasteiger partial charge < -0.3 is 20.0 Å². The SMILES string of the molecule is CCN(CC)CCCC(C)N1CC2C(C1)C2(CO)CO. The van der Waals surface area contributed by atoms with Crippen molar-refractivity contribution in [3.05, 3.63) is 0 Å². The van der Waals surface area contributed by atoms with Gasteiger partial charge in [-0.2, -0.15) is 0 Å². The molecule has 3 atom stereocenters. The van der Waals surface area contributed by atoms with Crippen LogP contribution in [-0.4, -0.2) is 72.0 Å². The van der Waals surface area contributed by atoms with Crippen molar-refractivity contribution in [2.45, 2.75) is 39.7 Å². The maximum absolute atomic E-state index is 9.46. The molecule has 2 N–H and O–H groups in total. The van der Waals surface area contributed by atoms with Crippen LogP contribution in [0.4, 0.5) is 0 Å². The molecule has 118 valence electrons. The van der Waals surface area contributed by atoms with Crippen molar-refractivity contribution in [2.24, 2.45) is 17.3 Å². The summed E-state index contributed by atoms with van der Waals surface area (Å²) in [4.78, 5) is 5.04. The fourth-order valence-electron chi connectivity index (χ4n) is 4.08. The Kier molecular flexibility index (Phi) is 5.46. The average Bonchev–Trinajstić information content (AvgIpc) is 2.84. The summed E-state index contributed by atoms with van der Waals surface area (Å²) in [6.07, 6.45) is 2.51. The highest BCUT2D eigenvalue weighted by atomic mass is 16.3. The highest BCUT2D eigenvalue weighted by molar-refractivity contribution is 5.16. The number of aliphatic hydroxyl groups excluding tert-OH is 2. The molecule has 4 heteroatoms. The predicted molar refractivity (Wildman–Crippen MR) is 81.6 cm³/mol. The molecule has 0 aromatic carbocycles. The molecule has 0 amide bonds. The minimum absolute atomic E-state index is 0.141. The third-order valence-electron chi connectivity index (χ3n) is 5.92. The number of rotatable bonds is 9. The third-order valence-corrected chi connectivity index (χ3v) is 5.92. The Morgan fingerprint density at radius 2 is 1.70 bits per heavy atom. The molecule has 3 unspecified atom stereocenters. The van der Waals surface area contributed by atoms with Crippen molar-refractivity contribution in [1.29, 1.82) is 0 Å². The van der Waals surface area contributed by atoms with E-state index in [9.17, 15) is 10.2 Å². The van der Waals surface area contributed by atoms with Crippen LogP contribution in [0.3, 0.4) is 0 Å². The Morgan fingerprint density at radius 3 is 2.15 bits per heavy atom. The van der Waals surface area contributed by atoms with E-state index >= 15 is 0 Å². The highest BCUT2D eigenvalue weighted by Crippen LogP contribution is 2.62. The number of likely N-dealkylation sites (tertiary alicyclic amines) is 1. The van der Waals surface area contributed by atoms with Crippen molar-refractivity contribution in [3.8, 4) is 0 Å². The lowest BCUT2D eigenvalue weighted by Gasteiger charge is -2.30. The Labute approximate surface area is 123 Å². The van der Waals surface area contributed by atoms with E-state index in [0.717, 1.165) is 26.2 Å². The van der Waals surface area contributed by atoms with Gasteiger partial charge >= 0.3 is 0 Å². The molecule has 1 aliphatic heterocycles. The fraction of sp³-hybridized carbons (Fsp3) is 1.00. The first-order valence-electron chi connectivity index (χ1n) is 8.31. The molecule has 0 spiro atoms. The monoisotopic (exact) mass is 284 g/mol. The van der Waals surface area contributed by atoms with Gasteiger partial charge in [-0.25, -0.2) is 0 Å². The van der Waals surface area contributed by atoms with Gasteiger partial charge in [0.1, 0.15) is 0 Å². The molecule has 4 nitrogen and oxygen atoms in total. The van der Waals surface area contributed by atoms with Crippen molar-refractivity contribution < 1.29 is 10.2 Å². The number of nitrogens with zero attached hydrogens (tertiary/aromatic N) is 2. The van der Waals surface area contributed by atoms with Crippen LogP contribution in [0.15, 0.2) is 0 Å². The molecule has 0 radical (unpaired) electrons. The van der Waals surface area contributed by atoms with Crippen molar-refractivity contribution in [3.63, 3.8) is 0 Å². The summed E-state index contributed by atoms with van der Waals surface area (Å²) in [6.45, 7) is 12.7. The van der Waals surface area contributed by atoms with Crippen LogP contribution < -0.4 is 0 Å². The van der Waals surface area contributed by atoms with E-state index in [1.54, 1.807) is 0 Å². The second-order valence-corrected chi connectivity index (χ2v) is 6.73. The average molecular weight is 284 g/mol.